The van der Waals surface area contributed by atoms with E-state index in [1.165, 1.54) is 5.56 Å². The van der Waals surface area contributed by atoms with Crippen molar-refractivity contribution < 1.29 is 9.21 Å². The molecule has 3 rings (SSSR count). The molecule has 1 aromatic carbocycles. The molecule has 0 bridgehead atoms. The summed E-state index contributed by atoms with van der Waals surface area (Å²) in [5.74, 6) is 0.835. The molecule has 0 spiro atoms. The second kappa shape index (κ2) is 7.04. The maximum atomic E-state index is 12.1. The molecule has 6 heteroatoms. The van der Waals surface area contributed by atoms with E-state index in [1.54, 1.807) is 24.5 Å². The largest absolute Gasteiger partial charge is 0.421 e. The van der Waals surface area contributed by atoms with Gasteiger partial charge in [-0.2, -0.15) is 0 Å². The van der Waals surface area contributed by atoms with E-state index < -0.39 is 0 Å². The SMILES string of the molecule is Cc1ccc(C(=O)NCCc2nnc(-c3ccncc3)o2)cc1C. The van der Waals surface area contributed by atoms with Crippen molar-refractivity contribution in [1.29, 1.82) is 0 Å². The summed E-state index contributed by atoms with van der Waals surface area (Å²) in [6.45, 7) is 4.45. The summed E-state index contributed by atoms with van der Waals surface area (Å²) >= 11 is 0. The Kier molecular flexibility index (Phi) is 4.65. The van der Waals surface area contributed by atoms with Crippen LogP contribution >= 0.6 is 0 Å². The van der Waals surface area contributed by atoms with Gasteiger partial charge >= 0.3 is 0 Å². The van der Waals surface area contributed by atoms with E-state index in [1.807, 2.05) is 32.0 Å². The van der Waals surface area contributed by atoms with E-state index in [-0.39, 0.29) is 5.91 Å². The topological polar surface area (TPSA) is 80.9 Å². The molecule has 1 N–H and O–H groups in total. The van der Waals surface area contributed by atoms with Crippen molar-refractivity contribution in [2.24, 2.45) is 0 Å². The van der Waals surface area contributed by atoms with E-state index in [4.69, 9.17) is 4.42 Å². The molecule has 24 heavy (non-hydrogen) atoms. The Balaban J connectivity index is 1.56. The Bertz CT molecular complexity index is 843. The van der Waals surface area contributed by atoms with Crippen LogP contribution in [-0.4, -0.2) is 27.6 Å². The lowest BCUT2D eigenvalue weighted by molar-refractivity contribution is 0.0953. The third-order valence-corrected chi connectivity index (χ3v) is 3.79. The van der Waals surface area contributed by atoms with E-state index in [0.717, 1.165) is 11.1 Å². The minimum Gasteiger partial charge on any atom is -0.421 e. The molecule has 122 valence electrons. The van der Waals surface area contributed by atoms with Crippen molar-refractivity contribution >= 4 is 5.91 Å². The summed E-state index contributed by atoms with van der Waals surface area (Å²) in [6.07, 6.45) is 3.82. The maximum Gasteiger partial charge on any atom is 0.251 e. The Hall–Kier alpha value is -3.02. The molecule has 1 amide bonds. The molecule has 0 fully saturated rings. The molecule has 3 aromatic rings. The molecule has 0 atom stereocenters. The highest BCUT2D eigenvalue weighted by Gasteiger charge is 2.10. The summed E-state index contributed by atoms with van der Waals surface area (Å²) in [4.78, 5) is 16.1. The zero-order valence-electron chi connectivity index (χ0n) is 13.6. The number of aryl methyl sites for hydroxylation is 2. The highest BCUT2D eigenvalue weighted by atomic mass is 16.4. The van der Waals surface area contributed by atoms with Crippen LogP contribution in [0.5, 0.6) is 0 Å². The van der Waals surface area contributed by atoms with Crippen molar-refractivity contribution in [3.05, 3.63) is 65.3 Å². The second-order valence-electron chi connectivity index (χ2n) is 5.54. The number of nitrogens with one attached hydrogen (secondary N) is 1. The van der Waals surface area contributed by atoms with Gasteiger partial charge in [0.05, 0.1) is 0 Å². The monoisotopic (exact) mass is 322 g/mol. The molecule has 0 saturated heterocycles. The van der Waals surface area contributed by atoms with Gasteiger partial charge in [-0.1, -0.05) is 6.07 Å². The first kappa shape index (κ1) is 15.9. The molecule has 0 aliphatic heterocycles. The van der Waals surface area contributed by atoms with Crippen molar-refractivity contribution in [3.8, 4) is 11.5 Å². The van der Waals surface area contributed by atoms with Gasteiger partial charge in [-0.25, -0.2) is 0 Å². The number of aromatic nitrogens is 3. The van der Waals surface area contributed by atoms with Gasteiger partial charge in [0.2, 0.25) is 11.8 Å². The van der Waals surface area contributed by atoms with Gasteiger partial charge < -0.3 is 9.73 Å². The molecule has 0 saturated carbocycles. The summed E-state index contributed by atoms with van der Waals surface area (Å²) in [6, 6.07) is 9.27. The first-order valence-corrected chi connectivity index (χ1v) is 7.72. The minimum absolute atomic E-state index is 0.105. The van der Waals surface area contributed by atoms with Crippen LogP contribution in [0.3, 0.4) is 0 Å². The summed E-state index contributed by atoms with van der Waals surface area (Å²) in [5.41, 5.74) is 3.74. The molecular weight excluding hydrogens is 304 g/mol. The first-order valence-electron chi connectivity index (χ1n) is 7.72. The Labute approximate surface area is 140 Å². The Morgan fingerprint density at radius 1 is 1.08 bits per heavy atom. The molecule has 2 heterocycles. The van der Waals surface area contributed by atoms with Gasteiger partial charge in [0, 0.05) is 36.5 Å². The highest BCUT2D eigenvalue weighted by molar-refractivity contribution is 5.94. The predicted octanol–water partition coefficient (Wildman–Crippen LogP) is 2.72. The summed E-state index contributed by atoms with van der Waals surface area (Å²) in [7, 11) is 0. The van der Waals surface area contributed by atoms with E-state index in [9.17, 15) is 4.79 Å². The average Bonchev–Trinajstić information content (AvgIpc) is 3.07. The maximum absolute atomic E-state index is 12.1. The number of nitrogens with zero attached hydrogens (tertiary/aromatic N) is 3. The van der Waals surface area contributed by atoms with Crippen LogP contribution in [0.2, 0.25) is 0 Å². The number of carbonyl (C=O) groups is 1. The van der Waals surface area contributed by atoms with Gasteiger partial charge in [0.25, 0.3) is 5.91 Å². The Morgan fingerprint density at radius 3 is 2.62 bits per heavy atom. The van der Waals surface area contributed by atoms with Gasteiger partial charge in [-0.15, -0.1) is 10.2 Å². The predicted molar refractivity (Wildman–Crippen MR) is 89.5 cm³/mol. The van der Waals surface area contributed by atoms with Crippen molar-refractivity contribution in [2.75, 3.05) is 6.54 Å². The van der Waals surface area contributed by atoms with Crippen LogP contribution in [-0.2, 0) is 6.42 Å². The summed E-state index contributed by atoms with van der Waals surface area (Å²) in [5, 5.41) is 10.9. The zero-order valence-corrected chi connectivity index (χ0v) is 13.6. The lowest BCUT2D eigenvalue weighted by Crippen LogP contribution is -2.25. The van der Waals surface area contributed by atoms with Gasteiger partial charge in [0.15, 0.2) is 0 Å². The van der Waals surface area contributed by atoms with E-state index in [2.05, 4.69) is 20.5 Å². The number of benzene rings is 1. The molecule has 6 nitrogen and oxygen atoms in total. The quantitative estimate of drug-likeness (QED) is 0.781. The van der Waals surface area contributed by atoms with Crippen LogP contribution in [0.1, 0.15) is 27.4 Å². The number of amides is 1. The lowest BCUT2D eigenvalue weighted by atomic mass is 10.1. The fourth-order valence-corrected chi connectivity index (χ4v) is 2.23. The fourth-order valence-electron chi connectivity index (χ4n) is 2.23. The fraction of sp³-hybridized carbons (Fsp3) is 0.222. The van der Waals surface area contributed by atoms with E-state index in [0.29, 0.717) is 30.3 Å². The molecule has 0 unspecified atom stereocenters. The van der Waals surface area contributed by atoms with Crippen LogP contribution in [0, 0.1) is 13.8 Å². The third-order valence-electron chi connectivity index (χ3n) is 3.79. The van der Waals surface area contributed by atoms with Crippen molar-refractivity contribution in [1.82, 2.24) is 20.5 Å². The molecule has 0 radical (unpaired) electrons. The minimum atomic E-state index is -0.105. The van der Waals surface area contributed by atoms with Crippen molar-refractivity contribution in [2.45, 2.75) is 20.3 Å². The number of pyridine rings is 1. The zero-order chi connectivity index (χ0) is 16.9. The number of carbonyl (C=O) groups excluding carboxylic acids is 1. The lowest BCUT2D eigenvalue weighted by Gasteiger charge is -2.06. The van der Waals surface area contributed by atoms with Crippen LogP contribution in [0.15, 0.2) is 47.1 Å². The normalized spacial score (nSPS) is 10.6. The van der Waals surface area contributed by atoms with Gasteiger partial charge in [-0.05, 0) is 49.2 Å². The van der Waals surface area contributed by atoms with Crippen LogP contribution < -0.4 is 5.32 Å². The van der Waals surface area contributed by atoms with Crippen molar-refractivity contribution in [3.63, 3.8) is 0 Å². The van der Waals surface area contributed by atoms with Crippen LogP contribution in [0.25, 0.3) is 11.5 Å². The molecule has 0 aliphatic rings. The number of rotatable bonds is 5. The number of hydrogen-bond acceptors (Lipinski definition) is 5. The van der Waals surface area contributed by atoms with Crippen LogP contribution in [0.4, 0.5) is 0 Å². The standard InChI is InChI=1S/C18H18N4O2/c1-12-3-4-15(11-13(12)2)17(23)20-10-7-16-21-22-18(24-16)14-5-8-19-9-6-14/h3-6,8-9,11H,7,10H2,1-2H3,(H,20,23). The third kappa shape index (κ3) is 3.65. The van der Waals surface area contributed by atoms with Gasteiger partial charge in [-0.3, -0.25) is 9.78 Å². The molecule has 2 aromatic heterocycles. The highest BCUT2D eigenvalue weighted by Crippen LogP contribution is 2.16. The molecular formula is C18H18N4O2. The summed E-state index contributed by atoms with van der Waals surface area (Å²) < 4.78 is 5.59. The Morgan fingerprint density at radius 2 is 1.88 bits per heavy atom. The number of hydrogen-bond donors (Lipinski definition) is 1. The smallest absolute Gasteiger partial charge is 0.251 e. The van der Waals surface area contributed by atoms with E-state index >= 15 is 0 Å². The average molecular weight is 322 g/mol. The molecule has 0 aliphatic carbocycles. The van der Waals surface area contributed by atoms with Gasteiger partial charge in [0.1, 0.15) is 0 Å². The first-order chi connectivity index (χ1) is 11.6. The second-order valence-corrected chi connectivity index (χ2v) is 5.54.